The summed E-state index contributed by atoms with van der Waals surface area (Å²) in [5.74, 6) is 1.66. The number of amides is 2. The van der Waals surface area contributed by atoms with E-state index in [1.165, 1.54) is 0 Å². The van der Waals surface area contributed by atoms with E-state index in [1.807, 2.05) is 11.0 Å². The van der Waals surface area contributed by atoms with Gasteiger partial charge in [0.1, 0.15) is 0 Å². The van der Waals surface area contributed by atoms with E-state index in [0.29, 0.717) is 36.7 Å². The highest BCUT2D eigenvalue weighted by Gasteiger charge is 2.20. The average Bonchev–Trinajstić information content (AvgIpc) is 2.72. The lowest BCUT2D eigenvalue weighted by Crippen LogP contribution is -2.39. The van der Waals surface area contributed by atoms with E-state index in [2.05, 4.69) is 23.2 Å². The maximum atomic E-state index is 12.7. The molecule has 0 spiro atoms. The van der Waals surface area contributed by atoms with Crippen molar-refractivity contribution in [1.29, 1.82) is 0 Å². The molecule has 2 aliphatic rings. The molecule has 2 amide bonds. The molecular weight excluding hydrogens is 374 g/mol. The van der Waals surface area contributed by atoms with E-state index < -0.39 is 10.8 Å². The van der Waals surface area contributed by atoms with Gasteiger partial charge >= 0.3 is 0 Å². The molecule has 1 atom stereocenters. The van der Waals surface area contributed by atoms with Crippen molar-refractivity contribution < 1.29 is 13.8 Å². The predicted octanol–water partition coefficient (Wildman–Crippen LogP) is 1.52. The van der Waals surface area contributed by atoms with Gasteiger partial charge in [0.15, 0.2) is 0 Å². The van der Waals surface area contributed by atoms with Crippen LogP contribution in [0.2, 0.25) is 0 Å². The van der Waals surface area contributed by atoms with Gasteiger partial charge in [-0.15, -0.1) is 0 Å². The van der Waals surface area contributed by atoms with Gasteiger partial charge in [-0.05, 0) is 37.1 Å². The lowest BCUT2D eigenvalue weighted by atomic mass is 10.0. The third-order valence-corrected chi connectivity index (χ3v) is 6.44. The Kier molecular flexibility index (Phi) is 7.39. The van der Waals surface area contributed by atoms with E-state index in [0.717, 1.165) is 37.6 Å². The molecule has 1 aromatic carbocycles. The second kappa shape index (κ2) is 9.98. The Labute approximate surface area is 169 Å². The molecular formula is C21H29N3O3S. The van der Waals surface area contributed by atoms with Crippen LogP contribution in [0.5, 0.6) is 0 Å². The minimum atomic E-state index is -0.657. The number of hydrogen-bond acceptors (Lipinski definition) is 4. The van der Waals surface area contributed by atoms with Crippen LogP contribution >= 0.6 is 0 Å². The van der Waals surface area contributed by atoms with Crippen molar-refractivity contribution in [3.05, 3.63) is 47.5 Å². The number of benzene rings is 1. The molecule has 1 N–H and O–H groups in total. The zero-order valence-corrected chi connectivity index (χ0v) is 17.2. The van der Waals surface area contributed by atoms with E-state index in [9.17, 15) is 13.8 Å². The summed E-state index contributed by atoms with van der Waals surface area (Å²) in [5, 5.41) is 2.94. The molecule has 1 aromatic rings. The summed E-state index contributed by atoms with van der Waals surface area (Å²) in [4.78, 5) is 29.3. The third kappa shape index (κ3) is 5.75. The first-order valence-corrected chi connectivity index (χ1v) is 11.4. The zero-order chi connectivity index (χ0) is 19.9. The van der Waals surface area contributed by atoms with Gasteiger partial charge in [-0.3, -0.25) is 13.8 Å². The number of carbonyl (C=O) groups excluding carboxylic acids is 2. The van der Waals surface area contributed by atoms with Crippen LogP contribution in [-0.4, -0.2) is 76.6 Å². The van der Waals surface area contributed by atoms with Gasteiger partial charge in [-0.25, -0.2) is 0 Å². The van der Waals surface area contributed by atoms with Crippen LogP contribution in [0.25, 0.3) is 0 Å². The lowest BCUT2D eigenvalue weighted by Gasteiger charge is -2.27. The van der Waals surface area contributed by atoms with E-state index in [1.54, 1.807) is 24.3 Å². The van der Waals surface area contributed by atoms with Crippen LogP contribution in [0.1, 0.15) is 34.1 Å². The second-order valence-electron chi connectivity index (χ2n) is 7.50. The fourth-order valence-electron chi connectivity index (χ4n) is 3.55. The maximum Gasteiger partial charge on any atom is 0.254 e. The molecule has 1 unspecified atom stereocenters. The Bertz CT molecular complexity index is 755. The highest BCUT2D eigenvalue weighted by Crippen LogP contribution is 2.14. The molecule has 0 saturated carbocycles. The zero-order valence-electron chi connectivity index (χ0n) is 16.4. The summed E-state index contributed by atoms with van der Waals surface area (Å²) in [7, 11) is -0.657. The van der Waals surface area contributed by atoms with Gasteiger partial charge in [-0.1, -0.05) is 25.1 Å². The Hall–Kier alpha value is -1.99. The van der Waals surface area contributed by atoms with E-state index in [4.69, 9.17) is 0 Å². The first-order chi connectivity index (χ1) is 13.5. The molecule has 0 aliphatic carbocycles. The fourth-order valence-corrected chi connectivity index (χ4v) is 4.68. The predicted molar refractivity (Wildman–Crippen MR) is 112 cm³/mol. The third-order valence-electron chi connectivity index (χ3n) is 5.16. The molecule has 0 radical (unpaired) electrons. The number of carbonyl (C=O) groups is 2. The summed E-state index contributed by atoms with van der Waals surface area (Å²) in [6.45, 7) is 6.63. The minimum Gasteiger partial charge on any atom is -0.352 e. The van der Waals surface area contributed by atoms with Crippen LogP contribution in [0.3, 0.4) is 0 Å². The fraction of sp³-hybridized carbons (Fsp3) is 0.524. The molecule has 7 heteroatoms. The van der Waals surface area contributed by atoms with Crippen molar-refractivity contribution >= 4 is 22.6 Å². The van der Waals surface area contributed by atoms with Gasteiger partial charge < -0.3 is 15.1 Å². The first-order valence-electron chi connectivity index (χ1n) is 9.94. The summed E-state index contributed by atoms with van der Waals surface area (Å²) in [5.41, 5.74) is 1.07. The van der Waals surface area contributed by atoms with Crippen molar-refractivity contribution in [2.24, 2.45) is 5.92 Å². The van der Waals surface area contributed by atoms with Crippen molar-refractivity contribution in [3.63, 3.8) is 0 Å². The molecule has 2 aliphatic heterocycles. The lowest BCUT2D eigenvalue weighted by molar-refractivity contribution is 0.0753. The normalized spacial score (nSPS) is 20.9. The van der Waals surface area contributed by atoms with Gasteiger partial charge in [0.25, 0.3) is 11.8 Å². The van der Waals surface area contributed by atoms with Crippen LogP contribution < -0.4 is 5.32 Å². The summed E-state index contributed by atoms with van der Waals surface area (Å²) < 4.78 is 11.4. The number of nitrogens with one attached hydrogen (secondary N) is 1. The molecule has 152 valence electrons. The average molecular weight is 404 g/mol. The Morgan fingerprint density at radius 1 is 1.21 bits per heavy atom. The van der Waals surface area contributed by atoms with Crippen molar-refractivity contribution in [3.8, 4) is 0 Å². The standard InChI is InChI=1S/C21H29N3O3S/c1-17-5-3-10-24(16-17)21(26)19-7-2-6-18(15-19)20(25)22-8-4-9-23-11-13-28(27)14-12-23/h2-3,5-7,15,17H,4,8-14,16H2,1H3,(H,22,25). The van der Waals surface area contributed by atoms with E-state index in [-0.39, 0.29) is 11.8 Å². The molecule has 1 saturated heterocycles. The van der Waals surface area contributed by atoms with Crippen LogP contribution in [0.4, 0.5) is 0 Å². The van der Waals surface area contributed by atoms with Gasteiger partial charge in [0.2, 0.25) is 0 Å². The van der Waals surface area contributed by atoms with Crippen LogP contribution in [0.15, 0.2) is 36.4 Å². The summed E-state index contributed by atoms with van der Waals surface area (Å²) in [6.07, 6.45) is 4.99. The van der Waals surface area contributed by atoms with Gasteiger partial charge in [0, 0.05) is 66.2 Å². The van der Waals surface area contributed by atoms with Crippen LogP contribution in [-0.2, 0) is 10.8 Å². The molecule has 0 aromatic heterocycles. The Balaban J connectivity index is 1.47. The molecule has 6 nitrogen and oxygen atoms in total. The molecule has 0 bridgehead atoms. The molecule has 2 heterocycles. The monoisotopic (exact) mass is 403 g/mol. The number of rotatable bonds is 6. The highest BCUT2D eigenvalue weighted by molar-refractivity contribution is 7.85. The maximum absolute atomic E-state index is 12.7. The minimum absolute atomic E-state index is 0.0339. The van der Waals surface area contributed by atoms with Crippen molar-refractivity contribution in [1.82, 2.24) is 15.1 Å². The quantitative estimate of drug-likeness (QED) is 0.578. The molecule has 1 fully saturated rings. The van der Waals surface area contributed by atoms with E-state index >= 15 is 0 Å². The summed E-state index contributed by atoms with van der Waals surface area (Å²) >= 11 is 0. The smallest absolute Gasteiger partial charge is 0.254 e. The summed E-state index contributed by atoms with van der Waals surface area (Å²) in [6, 6.07) is 6.95. The second-order valence-corrected chi connectivity index (χ2v) is 9.19. The largest absolute Gasteiger partial charge is 0.352 e. The molecule has 3 rings (SSSR count). The Morgan fingerprint density at radius 2 is 1.96 bits per heavy atom. The van der Waals surface area contributed by atoms with Gasteiger partial charge in [-0.2, -0.15) is 0 Å². The van der Waals surface area contributed by atoms with Gasteiger partial charge in [0.05, 0.1) is 0 Å². The van der Waals surface area contributed by atoms with Crippen molar-refractivity contribution in [2.45, 2.75) is 13.3 Å². The Morgan fingerprint density at radius 3 is 2.71 bits per heavy atom. The van der Waals surface area contributed by atoms with Crippen molar-refractivity contribution in [2.75, 3.05) is 50.8 Å². The number of hydrogen-bond donors (Lipinski definition) is 1. The topological polar surface area (TPSA) is 69.7 Å². The highest BCUT2D eigenvalue weighted by atomic mass is 32.2. The number of nitrogens with zero attached hydrogens (tertiary/aromatic N) is 2. The molecule has 28 heavy (non-hydrogen) atoms. The van der Waals surface area contributed by atoms with Crippen LogP contribution in [0, 0.1) is 5.92 Å². The SMILES string of the molecule is CC1C=CCN(C(=O)c2cccc(C(=O)NCCCN3CCS(=O)CC3)c2)C1. The first kappa shape index (κ1) is 20.7.